The first kappa shape index (κ1) is 14.4. The lowest BCUT2D eigenvalue weighted by atomic mass is 10.2. The Morgan fingerprint density at radius 3 is 2.58 bits per heavy atom. The highest BCUT2D eigenvalue weighted by Gasteiger charge is 2.31. The lowest BCUT2D eigenvalue weighted by Gasteiger charge is -2.27. The Morgan fingerprint density at radius 2 is 1.95 bits per heavy atom. The molecule has 1 saturated heterocycles. The number of hydrogen-bond donors (Lipinski definition) is 1. The van der Waals surface area contributed by atoms with Crippen molar-refractivity contribution >= 4 is 10.0 Å². The molecule has 1 fully saturated rings. The molecule has 0 aromatic heterocycles. The maximum atomic E-state index is 13.5. The Balaban J connectivity index is 2.10. The second kappa shape index (κ2) is 5.98. The largest absolute Gasteiger partial charge is 0.317 e. The molecule has 0 atom stereocenters. The number of sulfonamides is 1. The molecular formula is C13H19FN2O2S. The van der Waals surface area contributed by atoms with E-state index in [1.807, 2.05) is 0 Å². The van der Waals surface area contributed by atoms with E-state index in [1.54, 1.807) is 18.2 Å². The smallest absolute Gasteiger partial charge is 0.217 e. The van der Waals surface area contributed by atoms with Crippen LogP contribution in [0.15, 0.2) is 24.3 Å². The number of halogens is 1. The first-order valence-electron chi connectivity index (χ1n) is 6.41. The maximum Gasteiger partial charge on any atom is 0.217 e. The van der Waals surface area contributed by atoms with Crippen LogP contribution in [0.2, 0.25) is 0 Å². The van der Waals surface area contributed by atoms with Gasteiger partial charge in [-0.2, -0.15) is 0 Å². The van der Waals surface area contributed by atoms with Crippen molar-refractivity contribution < 1.29 is 12.8 Å². The Labute approximate surface area is 113 Å². The molecule has 19 heavy (non-hydrogen) atoms. The third-order valence-electron chi connectivity index (χ3n) is 3.49. The summed E-state index contributed by atoms with van der Waals surface area (Å²) >= 11 is 0. The molecule has 1 aliphatic rings. The number of hydrogen-bond acceptors (Lipinski definition) is 3. The fourth-order valence-corrected chi connectivity index (χ4v) is 3.96. The molecule has 0 saturated carbocycles. The summed E-state index contributed by atoms with van der Waals surface area (Å²) in [7, 11) is -1.83. The van der Waals surface area contributed by atoms with E-state index >= 15 is 0 Å². The van der Waals surface area contributed by atoms with Crippen LogP contribution in [0.5, 0.6) is 0 Å². The summed E-state index contributed by atoms with van der Waals surface area (Å²) in [5.74, 6) is -0.366. The Bertz CT molecular complexity index is 527. The summed E-state index contributed by atoms with van der Waals surface area (Å²) < 4.78 is 39.6. The highest BCUT2D eigenvalue weighted by atomic mass is 32.2. The topological polar surface area (TPSA) is 49.4 Å². The van der Waals surface area contributed by atoms with Crippen LogP contribution in [0.25, 0.3) is 0 Å². The van der Waals surface area contributed by atoms with Crippen molar-refractivity contribution in [3.63, 3.8) is 0 Å². The lowest BCUT2D eigenvalue weighted by molar-refractivity contribution is 0.423. The number of nitrogens with one attached hydrogen (secondary N) is 1. The molecule has 1 aliphatic heterocycles. The van der Waals surface area contributed by atoms with Gasteiger partial charge in [0, 0.05) is 19.2 Å². The van der Waals surface area contributed by atoms with E-state index in [9.17, 15) is 12.8 Å². The van der Waals surface area contributed by atoms with Crippen molar-refractivity contribution in [2.75, 3.05) is 20.1 Å². The van der Waals surface area contributed by atoms with Gasteiger partial charge in [-0.1, -0.05) is 18.2 Å². The molecule has 0 aliphatic carbocycles. The molecule has 0 unspecified atom stereocenters. The second-order valence-corrected chi connectivity index (χ2v) is 7.16. The third kappa shape index (κ3) is 3.32. The van der Waals surface area contributed by atoms with E-state index in [0.717, 1.165) is 13.1 Å². The van der Waals surface area contributed by atoms with Crippen molar-refractivity contribution in [1.82, 2.24) is 9.62 Å². The van der Waals surface area contributed by atoms with Crippen LogP contribution in [0.3, 0.4) is 0 Å². The summed E-state index contributed by atoms with van der Waals surface area (Å²) in [5.41, 5.74) is 0.405. The van der Waals surface area contributed by atoms with Crippen molar-refractivity contribution in [2.24, 2.45) is 0 Å². The van der Waals surface area contributed by atoms with Gasteiger partial charge in [0.25, 0.3) is 0 Å². The number of nitrogens with zero attached hydrogens (tertiary/aromatic N) is 1. The van der Waals surface area contributed by atoms with E-state index < -0.39 is 10.0 Å². The van der Waals surface area contributed by atoms with Crippen LogP contribution in [0.4, 0.5) is 4.39 Å². The van der Waals surface area contributed by atoms with Crippen molar-refractivity contribution in [3.05, 3.63) is 35.6 Å². The average molecular weight is 286 g/mol. The van der Waals surface area contributed by atoms with E-state index in [-0.39, 0.29) is 17.6 Å². The number of benzene rings is 1. The van der Waals surface area contributed by atoms with Gasteiger partial charge in [0.1, 0.15) is 5.82 Å². The molecule has 1 aromatic rings. The predicted molar refractivity (Wildman–Crippen MR) is 72.7 cm³/mol. The highest BCUT2D eigenvalue weighted by Crippen LogP contribution is 2.19. The van der Waals surface area contributed by atoms with Gasteiger partial charge >= 0.3 is 0 Å². The van der Waals surface area contributed by atoms with Crippen LogP contribution < -0.4 is 5.32 Å². The van der Waals surface area contributed by atoms with Crippen molar-refractivity contribution in [2.45, 2.75) is 24.6 Å². The SMILES string of the molecule is CN(Cc1ccccc1F)S(=O)(=O)C1CCNCC1. The molecule has 1 heterocycles. The first-order chi connectivity index (χ1) is 9.01. The van der Waals surface area contributed by atoms with E-state index in [1.165, 1.54) is 17.4 Å². The number of piperidine rings is 1. The summed E-state index contributed by atoms with van der Waals surface area (Å²) in [6.07, 6.45) is 1.23. The minimum absolute atomic E-state index is 0.0823. The summed E-state index contributed by atoms with van der Waals surface area (Å²) in [5, 5.41) is 2.79. The first-order valence-corrected chi connectivity index (χ1v) is 7.91. The van der Waals surface area contributed by atoms with Crippen LogP contribution in [0.1, 0.15) is 18.4 Å². The molecule has 6 heteroatoms. The van der Waals surface area contributed by atoms with Gasteiger partial charge in [-0.05, 0) is 32.0 Å². The Hall–Kier alpha value is -0.980. The molecule has 0 spiro atoms. The molecule has 0 amide bonds. The van der Waals surface area contributed by atoms with E-state index in [2.05, 4.69) is 5.32 Å². The average Bonchev–Trinajstić information content (AvgIpc) is 2.42. The lowest BCUT2D eigenvalue weighted by Crippen LogP contribution is -2.42. The molecule has 1 aromatic carbocycles. The summed E-state index contributed by atoms with van der Waals surface area (Å²) in [6.45, 7) is 1.52. The normalized spacial score (nSPS) is 17.8. The van der Waals surface area contributed by atoms with Gasteiger partial charge in [-0.15, -0.1) is 0 Å². The minimum Gasteiger partial charge on any atom is -0.317 e. The van der Waals surface area contributed by atoms with Crippen LogP contribution in [-0.2, 0) is 16.6 Å². The summed E-state index contributed by atoms with van der Waals surface area (Å²) in [6, 6.07) is 6.27. The van der Waals surface area contributed by atoms with Crippen LogP contribution >= 0.6 is 0 Å². The Kier molecular flexibility index (Phi) is 4.54. The fraction of sp³-hybridized carbons (Fsp3) is 0.538. The zero-order chi connectivity index (χ0) is 13.9. The van der Waals surface area contributed by atoms with Crippen LogP contribution in [-0.4, -0.2) is 38.1 Å². The zero-order valence-electron chi connectivity index (χ0n) is 11.0. The fourth-order valence-electron chi connectivity index (χ4n) is 2.30. The number of rotatable bonds is 4. The zero-order valence-corrected chi connectivity index (χ0v) is 11.8. The van der Waals surface area contributed by atoms with E-state index in [0.29, 0.717) is 18.4 Å². The molecule has 0 radical (unpaired) electrons. The van der Waals surface area contributed by atoms with Gasteiger partial charge in [-0.25, -0.2) is 17.1 Å². The van der Waals surface area contributed by atoms with Crippen molar-refractivity contribution in [1.29, 1.82) is 0 Å². The van der Waals surface area contributed by atoms with Gasteiger partial charge in [-0.3, -0.25) is 0 Å². The van der Waals surface area contributed by atoms with E-state index in [4.69, 9.17) is 0 Å². The van der Waals surface area contributed by atoms with Gasteiger partial charge in [0.2, 0.25) is 10.0 Å². The maximum absolute atomic E-state index is 13.5. The second-order valence-electron chi connectivity index (χ2n) is 4.84. The molecule has 2 rings (SSSR count). The third-order valence-corrected chi connectivity index (χ3v) is 5.80. The molecule has 0 bridgehead atoms. The minimum atomic E-state index is -3.35. The highest BCUT2D eigenvalue weighted by molar-refractivity contribution is 7.89. The molecular weight excluding hydrogens is 267 g/mol. The van der Waals surface area contributed by atoms with Crippen molar-refractivity contribution in [3.8, 4) is 0 Å². The quantitative estimate of drug-likeness (QED) is 0.908. The molecule has 1 N–H and O–H groups in total. The summed E-state index contributed by atoms with van der Waals surface area (Å²) in [4.78, 5) is 0. The van der Waals surface area contributed by atoms with Gasteiger partial charge in [0.05, 0.1) is 5.25 Å². The van der Waals surface area contributed by atoms with Crippen LogP contribution in [0, 0.1) is 5.82 Å². The van der Waals surface area contributed by atoms with Gasteiger partial charge in [0.15, 0.2) is 0 Å². The molecule has 4 nitrogen and oxygen atoms in total. The van der Waals surface area contributed by atoms with Gasteiger partial charge < -0.3 is 5.32 Å². The predicted octanol–water partition coefficient (Wildman–Crippen LogP) is 1.34. The standard InChI is InChI=1S/C13H19FN2O2S/c1-16(10-11-4-2-3-5-13(11)14)19(17,18)12-6-8-15-9-7-12/h2-5,12,15H,6-10H2,1H3. The monoisotopic (exact) mass is 286 g/mol. The molecule has 106 valence electrons. The Morgan fingerprint density at radius 1 is 1.32 bits per heavy atom.